The molecule has 3 rings (SSSR count). The molecule has 0 fully saturated rings. The summed E-state index contributed by atoms with van der Waals surface area (Å²) in [6, 6.07) is 18.8. The molecule has 0 aliphatic rings. The van der Waals surface area contributed by atoms with E-state index in [1.807, 2.05) is 42.5 Å². The standard InChI is InChI=1S/C25H25BrO5/c1-29-20-10-8-18(19(12-20)15-27)9-11-23(28)21-13-25(24(30-2)14-22(21)26)31-16-17-6-4-3-5-7-17/h3-14,23,27-28H,15-16H2,1-2H3/b11-9+. The molecule has 2 N–H and O–H groups in total. The van der Waals surface area contributed by atoms with Gasteiger partial charge in [-0.1, -0.05) is 64.5 Å². The first-order valence-corrected chi connectivity index (χ1v) is 10.5. The fourth-order valence-electron chi connectivity index (χ4n) is 3.09. The Morgan fingerprint density at radius 2 is 1.74 bits per heavy atom. The van der Waals surface area contributed by atoms with Crippen LogP contribution in [-0.4, -0.2) is 24.4 Å². The molecule has 0 heterocycles. The number of methoxy groups -OCH3 is 2. The van der Waals surface area contributed by atoms with E-state index in [1.165, 1.54) is 0 Å². The van der Waals surface area contributed by atoms with E-state index in [2.05, 4.69) is 15.9 Å². The van der Waals surface area contributed by atoms with Crippen molar-refractivity contribution in [3.05, 3.63) is 93.5 Å². The molecule has 3 aromatic carbocycles. The molecular formula is C25H25BrO5. The van der Waals surface area contributed by atoms with Crippen LogP contribution in [0, 0.1) is 0 Å². The fourth-order valence-corrected chi connectivity index (χ4v) is 3.65. The van der Waals surface area contributed by atoms with Crippen LogP contribution < -0.4 is 14.2 Å². The fraction of sp³-hybridized carbons (Fsp3) is 0.200. The number of hydrogen-bond donors (Lipinski definition) is 2. The Labute approximate surface area is 190 Å². The average molecular weight is 485 g/mol. The van der Waals surface area contributed by atoms with Gasteiger partial charge in [0.25, 0.3) is 0 Å². The summed E-state index contributed by atoms with van der Waals surface area (Å²) in [5.41, 5.74) is 3.18. The van der Waals surface area contributed by atoms with E-state index < -0.39 is 6.10 Å². The van der Waals surface area contributed by atoms with Gasteiger partial charge in [-0.3, -0.25) is 0 Å². The minimum Gasteiger partial charge on any atom is -0.497 e. The lowest BCUT2D eigenvalue weighted by Crippen LogP contribution is -2.01. The summed E-state index contributed by atoms with van der Waals surface area (Å²) in [6.07, 6.45) is 2.54. The molecule has 3 aromatic rings. The van der Waals surface area contributed by atoms with E-state index in [-0.39, 0.29) is 6.61 Å². The molecule has 0 spiro atoms. The van der Waals surface area contributed by atoms with Gasteiger partial charge in [-0.25, -0.2) is 0 Å². The van der Waals surface area contributed by atoms with Crippen molar-refractivity contribution in [3.63, 3.8) is 0 Å². The third-order valence-corrected chi connectivity index (χ3v) is 5.50. The molecule has 1 atom stereocenters. The molecule has 5 nitrogen and oxygen atoms in total. The van der Waals surface area contributed by atoms with Crippen LogP contribution in [0.1, 0.15) is 28.4 Å². The van der Waals surface area contributed by atoms with Crippen molar-refractivity contribution >= 4 is 22.0 Å². The molecule has 0 saturated heterocycles. The van der Waals surface area contributed by atoms with E-state index in [9.17, 15) is 10.2 Å². The van der Waals surface area contributed by atoms with Gasteiger partial charge in [-0.05, 0) is 41.0 Å². The number of ether oxygens (including phenoxy) is 3. The van der Waals surface area contributed by atoms with Crippen molar-refractivity contribution in [1.82, 2.24) is 0 Å². The van der Waals surface area contributed by atoms with Gasteiger partial charge < -0.3 is 24.4 Å². The van der Waals surface area contributed by atoms with Gasteiger partial charge >= 0.3 is 0 Å². The quantitative estimate of drug-likeness (QED) is 0.432. The molecule has 0 aliphatic carbocycles. The highest BCUT2D eigenvalue weighted by molar-refractivity contribution is 9.10. The number of hydrogen-bond acceptors (Lipinski definition) is 5. The predicted molar refractivity (Wildman–Crippen MR) is 124 cm³/mol. The van der Waals surface area contributed by atoms with E-state index in [4.69, 9.17) is 14.2 Å². The molecule has 0 radical (unpaired) electrons. The topological polar surface area (TPSA) is 68.2 Å². The highest BCUT2D eigenvalue weighted by Gasteiger charge is 2.15. The zero-order valence-corrected chi connectivity index (χ0v) is 19.0. The zero-order valence-electron chi connectivity index (χ0n) is 17.4. The van der Waals surface area contributed by atoms with Crippen LogP contribution in [0.2, 0.25) is 0 Å². The Bertz CT molecular complexity index is 1030. The zero-order chi connectivity index (χ0) is 22.2. The lowest BCUT2D eigenvalue weighted by molar-refractivity contribution is 0.226. The van der Waals surface area contributed by atoms with Crippen LogP contribution in [0.15, 0.2) is 71.2 Å². The first-order chi connectivity index (χ1) is 15.0. The highest BCUT2D eigenvalue weighted by Crippen LogP contribution is 2.37. The molecule has 31 heavy (non-hydrogen) atoms. The van der Waals surface area contributed by atoms with E-state index in [0.29, 0.717) is 39.5 Å². The van der Waals surface area contributed by atoms with Gasteiger partial charge in [0, 0.05) is 10.0 Å². The Morgan fingerprint density at radius 3 is 2.42 bits per heavy atom. The summed E-state index contributed by atoms with van der Waals surface area (Å²) in [6.45, 7) is 0.257. The van der Waals surface area contributed by atoms with Crippen LogP contribution in [-0.2, 0) is 13.2 Å². The maximum Gasteiger partial charge on any atom is 0.162 e. The first kappa shape index (κ1) is 22.9. The lowest BCUT2D eigenvalue weighted by Gasteiger charge is -2.16. The number of rotatable bonds is 9. The number of halogens is 1. The van der Waals surface area contributed by atoms with Crippen LogP contribution in [0.3, 0.4) is 0 Å². The van der Waals surface area contributed by atoms with Gasteiger partial charge in [0.05, 0.1) is 26.9 Å². The highest BCUT2D eigenvalue weighted by atomic mass is 79.9. The van der Waals surface area contributed by atoms with Gasteiger partial charge in [-0.2, -0.15) is 0 Å². The third-order valence-electron chi connectivity index (χ3n) is 4.82. The van der Waals surface area contributed by atoms with Gasteiger partial charge in [0.1, 0.15) is 12.4 Å². The molecule has 0 aliphatic heterocycles. The largest absolute Gasteiger partial charge is 0.497 e. The predicted octanol–water partition coefficient (Wildman–Crippen LogP) is 5.28. The smallest absolute Gasteiger partial charge is 0.162 e. The van der Waals surface area contributed by atoms with Crippen molar-refractivity contribution in [3.8, 4) is 17.2 Å². The number of aliphatic hydroxyl groups excluding tert-OH is 2. The third kappa shape index (κ3) is 5.88. The average Bonchev–Trinajstić information content (AvgIpc) is 2.81. The Kier molecular flexibility index (Phi) is 8.12. The normalized spacial score (nSPS) is 12.0. The Hall–Kier alpha value is -2.80. The summed E-state index contributed by atoms with van der Waals surface area (Å²) in [5, 5.41) is 20.4. The van der Waals surface area contributed by atoms with E-state index in [0.717, 1.165) is 11.1 Å². The van der Waals surface area contributed by atoms with Crippen molar-refractivity contribution in [2.24, 2.45) is 0 Å². The number of benzene rings is 3. The van der Waals surface area contributed by atoms with Crippen LogP contribution in [0.5, 0.6) is 17.2 Å². The summed E-state index contributed by atoms with van der Waals surface area (Å²) < 4.78 is 17.3. The second kappa shape index (κ2) is 11.0. The maximum absolute atomic E-state index is 10.8. The van der Waals surface area contributed by atoms with Crippen LogP contribution in [0.4, 0.5) is 0 Å². The number of aliphatic hydroxyl groups is 2. The van der Waals surface area contributed by atoms with Gasteiger partial charge in [-0.15, -0.1) is 0 Å². The summed E-state index contributed by atoms with van der Waals surface area (Å²) >= 11 is 3.51. The summed E-state index contributed by atoms with van der Waals surface area (Å²) in [4.78, 5) is 0. The van der Waals surface area contributed by atoms with E-state index >= 15 is 0 Å². The second-order valence-electron chi connectivity index (χ2n) is 6.83. The van der Waals surface area contributed by atoms with Crippen LogP contribution >= 0.6 is 15.9 Å². The van der Waals surface area contributed by atoms with E-state index in [1.54, 1.807) is 44.6 Å². The maximum atomic E-state index is 10.8. The molecule has 0 saturated carbocycles. The lowest BCUT2D eigenvalue weighted by atomic mass is 10.0. The molecule has 0 bridgehead atoms. The molecule has 0 aromatic heterocycles. The minimum atomic E-state index is -0.895. The second-order valence-corrected chi connectivity index (χ2v) is 7.68. The first-order valence-electron chi connectivity index (χ1n) is 9.74. The monoisotopic (exact) mass is 484 g/mol. The van der Waals surface area contributed by atoms with Gasteiger partial charge in [0.2, 0.25) is 0 Å². The SMILES string of the molecule is COc1ccc(/C=C/C(O)c2cc(OCc3ccccc3)c(OC)cc2Br)c(CO)c1. The molecular weight excluding hydrogens is 460 g/mol. The molecule has 0 amide bonds. The summed E-state index contributed by atoms with van der Waals surface area (Å²) in [7, 11) is 3.15. The Morgan fingerprint density at radius 1 is 0.968 bits per heavy atom. The van der Waals surface area contributed by atoms with Gasteiger partial charge in [0.15, 0.2) is 11.5 Å². The Balaban J connectivity index is 1.83. The molecule has 1 unspecified atom stereocenters. The minimum absolute atomic E-state index is 0.128. The van der Waals surface area contributed by atoms with Crippen LogP contribution in [0.25, 0.3) is 6.08 Å². The van der Waals surface area contributed by atoms with Crippen molar-refractivity contribution in [1.29, 1.82) is 0 Å². The van der Waals surface area contributed by atoms with Crippen molar-refractivity contribution in [2.75, 3.05) is 14.2 Å². The molecule has 162 valence electrons. The van der Waals surface area contributed by atoms with Crippen molar-refractivity contribution < 1.29 is 24.4 Å². The molecule has 6 heteroatoms. The van der Waals surface area contributed by atoms with Crippen molar-refractivity contribution in [2.45, 2.75) is 19.3 Å². The summed E-state index contributed by atoms with van der Waals surface area (Å²) in [5.74, 6) is 1.78.